The molecule has 0 aromatic heterocycles. The number of para-hydroxylation sites is 1. The van der Waals surface area contributed by atoms with Crippen LogP contribution in [-0.4, -0.2) is 15.6 Å². The van der Waals surface area contributed by atoms with E-state index < -0.39 is 9.81 Å². The summed E-state index contributed by atoms with van der Waals surface area (Å²) in [5.74, 6) is 0.499. The maximum Gasteiger partial charge on any atom is 0.206 e. The van der Waals surface area contributed by atoms with Crippen LogP contribution in [0.25, 0.3) is 0 Å². The molecule has 5 heteroatoms. The van der Waals surface area contributed by atoms with E-state index in [4.69, 9.17) is 27.0 Å². The molecule has 1 spiro atoms. The normalized spacial score (nSPS) is 29.1. The van der Waals surface area contributed by atoms with Gasteiger partial charge in [-0.25, -0.2) is 0 Å². The lowest BCUT2D eigenvalue weighted by Crippen LogP contribution is -2.57. The Labute approximate surface area is 119 Å². The van der Waals surface area contributed by atoms with E-state index in [9.17, 15) is 4.79 Å². The van der Waals surface area contributed by atoms with Crippen LogP contribution in [0, 0.1) is 0 Å². The molecule has 1 unspecified atom stereocenters. The van der Waals surface area contributed by atoms with Crippen molar-refractivity contribution in [2.75, 3.05) is 0 Å². The summed E-state index contributed by atoms with van der Waals surface area (Å²) in [5.41, 5.74) is -0.134. The van der Waals surface area contributed by atoms with E-state index in [2.05, 4.69) is 0 Å². The molecule has 1 heterocycles. The minimum atomic E-state index is -1.21. The Bertz CT molecular complexity index is 500. The molecule has 1 aliphatic heterocycles. The molecule has 0 bridgehead atoms. The van der Waals surface area contributed by atoms with Crippen LogP contribution in [0.1, 0.15) is 36.0 Å². The minimum absolute atomic E-state index is 0.132. The predicted octanol–water partition coefficient (Wildman–Crippen LogP) is 4.40. The van der Waals surface area contributed by atoms with Gasteiger partial charge in [0.15, 0.2) is 0 Å². The van der Waals surface area contributed by atoms with Crippen LogP contribution in [0.5, 0.6) is 5.75 Å². The van der Waals surface area contributed by atoms with Crippen molar-refractivity contribution in [2.45, 2.75) is 35.5 Å². The zero-order valence-corrected chi connectivity index (χ0v) is 11.9. The molecule has 1 saturated carbocycles. The van der Waals surface area contributed by atoms with Gasteiger partial charge in [-0.1, -0.05) is 23.7 Å². The Hall–Kier alpha value is -0.380. The molecule has 0 N–H and O–H groups in total. The second kappa shape index (κ2) is 4.32. The van der Waals surface area contributed by atoms with Crippen LogP contribution in [0.15, 0.2) is 24.3 Å². The summed E-state index contributed by atoms with van der Waals surface area (Å²) >= 11 is 6.56. The summed E-state index contributed by atoms with van der Waals surface area (Å²) in [5, 5.41) is 0. The van der Waals surface area contributed by atoms with Crippen molar-refractivity contribution >= 4 is 39.0 Å². The molecule has 0 radical (unpaired) electrons. The summed E-state index contributed by atoms with van der Waals surface area (Å²) in [6, 6.07) is 7.24. The van der Waals surface area contributed by atoms with Crippen molar-refractivity contribution in [2.24, 2.45) is 0 Å². The molecule has 1 aliphatic carbocycles. The van der Waals surface area contributed by atoms with Gasteiger partial charge in [0.25, 0.3) is 0 Å². The smallest absolute Gasteiger partial charge is 0.206 e. The highest BCUT2D eigenvalue weighted by molar-refractivity contribution is 8.23. The summed E-state index contributed by atoms with van der Waals surface area (Å²) in [6.07, 6.45) is 3.58. The number of Topliss-reactive ketones (excluding diaryl/α,β-unsaturated/α-hetero) is 1. The number of carbonyl (C=O) groups is 1. The van der Waals surface area contributed by atoms with Crippen molar-refractivity contribution < 1.29 is 9.53 Å². The van der Waals surface area contributed by atoms with Crippen molar-refractivity contribution in [1.29, 1.82) is 0 Å². The number of fused-ring (bicyclic) bond motifs is 1. The van der Waals surface area contributed by atoms with E-state index in [1.807, 2.05) is 18.2 Å². The number of benzene rings is 1. The Balaban J connectivity index is 2.16. The first kappa shape index (κ1) is 12.6. The first-order chi connectivity index (χ1) is 8.63. The largest absolute Gasteiger partial charge is 0.483 e. The SMILES string of the molecule is O=C1c2ccccc2OC2(CCCC2)C1(Cl)SCl. The number of halogens is 2. The van der Waals surface area contributed by atoms with Gasteiger partial charge in [-0.15, -0.1) is 0 Å². The molecular formula is C13H12Cl2O2S. The van der Waals surface area contributed by atoms with E-state index >= 15 is 0 Å². The number of rotatable bonds is 1. The van der Waals surface area contributed by atoms with E-state index in [-0.39, 0.29) is 5.78 Å². The van der Waals surface area contributed by atoms with Gasteiger partial charge >= 0.3 is 0 Å². The second-order valence-electron chi connectivity index (χ2n) is 4.80. The van der Waals surface area contributed by atoms with Crippen LogP contribution in [-0.2, 0) is 0 Å². The topological polar surface area (TPSA) is 26.3 Å². The first-order valence-electron chi connectivity index (χ1n) is 5.94. The quantitative estimate of drug-likeness (QED) is 0.719. The molecule has 0 amide bonds. The lowest BCUT2D eigenvalue weighted by molar-refractivity contribution is 0.0404. The van der Waals surface area contributed by atoms with Crippen molar-refractivity contribution in [1.82, 2.24) is 0 Å². The first-order valence-corrected chi connectivity index (χ1v) is 7.96. The van der Waals surface area contributed by atoms with Gasteiger partial charge in [0, 0.05) is 0 Å². The van der Waals surface area contributed by atoms with Gasteiger partial charge in [-0.2, -0.15) is 0 Å². The maximum atomic E-state index is 12.6. The maximum absolute atomic E-state index is 12.6. The number of carbonyl (C=O) groups excluding carboxylic acids is 1. The second-order valence-corrected chi connectivity index (χ2v) is 6.82. The van der Waals surface area contributed by atoms with Gasteiger partial charge < -0.3 is 4.74 Å². The van der Waals surface area contributed by atoms with Crippen LogP contribution >= 0.6 is 33.3 Å². The number of ketones is 1. The molecule has 96 valence electrons. The number of hydrogen-bond donors (Lipinski definition) is 0. The molecule has 1 fully saturated rings. The van der Waals surface area contributed by atoms with E-state index in [0.717, 1.165) is 36.7 Å². The van der Waals surface area contributed by atoms with Crippen LogP contribution < -0.4 is 4.74 Å². The summed E-state index contributed by atoms with van der Waals surface area (Å²) in [7, 11) is 6.82. The number of ether oxygens (including phenoxy) is 1. The number of alkyl halides is 1. The van der Waals surface area contributed by atoms with Crippen molar-refractivity contribution in [3.05, 3.63) is 29.8 Å². The average molecular weight is 303 g/mol. The Morgan fingerprint density at radius 2 is 1.89 bits per heavy atom. The van der Waals surface area contributed by atoms with Gasteiger partial charge in [0.05, 0.1) is 5.56 Å². The molecular weight excluding hydrogens is 291 g/mol. The van der Waals surface area contributed by atoms with E-state index in [1.165, 1.54) is 0 Å². The molecule has 1 aromatic rings. The molecule has 1 aromatic carbocycles. The van der Waals surface area contributed by atoms with Crippen LogP contribution in [0.4, 0.5) is 0 Å². The fourth-order valence-corrected chi connectivity index (χ4v) is 4.40. The fourth-order valence-electron chi connectivity index (χ4n) is 2.87. The Morgan fingerprint density at radius 3 is 2.56 bits per heavy atom. The van der Waals surface area contributed by atoms with Crippen LogP contribution in [0.3, 0.4) is 0 Å². The summed E-state index contributed by atoms with van der Waals surface area (Å²) in [4.78, 5) is 12.6. The van der Waals surface area contributed by atoms with Gasteiger partial charge in [0.1, 0.15) is 11.4 Å². The van der Waals surface area contributed by atoms with Crippen LogP contribution in [0.2, 0.25) is 0 Å². The lowest BCUT2D eigenvalue weighted by atomic mass is 9.87. The summed E-state index contributed by atoms with van der Waals surface area (Å²) < 4.78 is 4.89. The third-order valence-corrected chi connectivity index (χ3v) is 6.28. The Morgan fingerprint density at radius 1 is 1.22 bits per heavy atom. The van der Waals surface area contributed by atoms with Gasteiger partial charge in [0.2, 0.25) is 9.99 Å². The van der Waals surface area contributed by atoms with Gasteiger partial charge in [-0.3, -0.25) is 4.79 Å². The third-order valence-electron chi connectivity index (χ3n) is 3.83. The molecule has 1 atom stereocenters. The highest BCUT2D eigenvalue weighted by Crippen LogP contribution is 2.57. The van der Waals surface area contributed by atoms with Crippen molar-refractivity contribution in [3.63, 3.8) is 0 Å². The van der Waals surface area contributed by atoms with Crippen molar-refractivity contribution in [3.8, 4) is 5.75 Å². The lowest BCUT2D eigenvalue weighted by Gasteiger charge is -2.45. The molecule has 2 aliphatic rings. The van der Waals surface area contributed by atoms with E-state index in [0.29, 0.717) is 11.3 Å². The van der Waals surface area contributed by atoms with Gasteiger partial charge in [-0.05, 0) is 59.5 Å². The average Bonchev–Trinajstić information content (AvgIpc) is 2.86. The molecule has 0 saturated heterocycles. The standard InChI is InChI=1S/C13H12Cl2O2S/c14-13(18-15)11(16)9-5-1-2-6-10(9)17-12(13)7-3-4-8-12/h1-2,5-6H,3-4,7-8H2. The zero-order valence-electron chi connectivity index (χ0n) is 9.62. The fraction of sp³-hybridized carbons (Fsp3) is 0.462. The molecule has 18 heavy (non-hydrogen) atoms. The summed E-state index contributed by atoms with van der Waals surface area (Å²) in [6.45, 7) is 0. The molecule has 2 nitrogen and oxygen atoms in total. The minimum Gasteiger partial charge on any atom is -0.483 e. The monoisotopic (exact) mass is 302 g/mol. The van der Waals surface area contributed by atoms with E-state index in [1.54, 1.807) is 6.07 Å². The molecule has 3 rings (SSSR count). The zero-order chi connectivity index (χ0) is 12.8. The highest BCUT2D eigenvalue weighted by Gasteiger charge is 2.62. The Kier molecular flexibility index (Phi) is 3.04. The highest BCUT2D eigenvalue weighted by atomic mass is 35.7. The predicted molar refractivity (Wildman–Crippen MR) is 74.6 cm³/mol. The third kappa shape index (κ3) is 1.54. The number of hydrogen-bond acceptors (Lipinski definition) is 3.